The van der Waals surface area contributed by atoms with E-state index >= 15 is 0 Å². The van der Waals surface area contributed by atoms with Gasteiger partial charge in [-0.15, -0.1) is 0 Å². The normalized spacial score (nSPS) is 12.2. The van der Waals surface area contributed by atoms with Gasteiger partial charge >= 0.3 is 0 Å². The summed E-state index contributed by atoms with van der Waals surface area (Å²) in [6, 6.07) is 13.9. The number of ether oxygens (including phenoxy) is 1. The number of benzene rings is 2. The van der Waals surface area contributed by atoms with Gasteiger partial charge in [0.1, 0.15) is 5.75 Å². The van der Waals surface area contributed by atoms with Gasteiger partial charge in [-0.1, -0.05) is 35.9 Å². The van der Waals surface area contributed by atoms with Crippen molar-refractivity contribution in [3.8, 4) is 5.75 Å². The molecule has 106 valence electrons. The van der Waals surface area contributed by atoms with Gasteiger partial charge in [-0.05, 0) is 55.2 Å². The number of nitrogens with two attached hydrogens (primary N) is 1. The van der Waals surface area contributed by atoms with Crippen LogP contribution < -0.4 is 10.5 Å². The van der Waals surface area contributed by atoms with Crippen molar-refractivity contribution in [3.05, 3.63) is 64.2 Å². The van der Waals surface area contributed by atoms with Crippen molar-refractivity contribution in [1.82, 2.24) is 0 Å². The van der Waals surface area contributed by atoms with E-state index in [4.69, 9.17) is 22.1 Å². The van der Waals surface area contributed by atoms with Crippen LogP contribution in [-0.2, 0) is 6.42 Å². The van der Waals surface area contributed by atoms with Gasteiger partial charge in [0, 0.05) is 11.1 Å². The second-order valence-electron chi connectivity index (χ2n) is 4.91. The fraction of sp³-hybridized carbons (Fsp3) is 0.294. The minimum absolute atomic E-state index is 0.0874. The lowest BCUT2D eigenvalue weighted by molar-refractivity contribution is 0.339. The second kappa shape index (κ2) is 6.78. The van der Waals surface area contributed by atoms with Crippen LogP contribution in [0.4, 0.5) is 0 Å². The molecule has 0 saturated heterocycles. The highest BCUT2D eigenvalue weighted by Gasteiger charge is 2.10. The number of halogens is 1. The molecule has 20 heavy (non-hydrogen) atoms. The third-order valence-electron chi connectivity index (χ3n) is 3.25. The van der Waals surface area contributed by atoms with Crippen molar-refractivity contribution in [1.29, 1.82) is 0 Å². The van der Waals surface area contributed by atoms with Crippen LogP contribution in [0.15, 0.2) is 42.5 Å². The Kier molecular flexibility index (Phi) is 5.05. The maximum absolute atomic E-state index is 6.28. The predicted octanol–water partition coefficient (Wildman–Crippen LogP) is 4.29. The maximum Gasteiger partial charge on any atom is 0.119 e. The number of hydrogen-bond acceptors (Lipinski definition) is 2. The summed E-state index contributed by atoms with van der Waals surface area (Å²) in [5.74, 6) is 0.857. The van der Waals surface area contributed by atoms with Gasteiger partial charge in [-0.2, -0.15) is 0 Å². The van der Waals surface area contributed by atoms with E-state index in [-0.39, 0.29) is 6.04 Å². The molecular formula is C17H20ClNO. The zero-order chi connectivity index (χ0) is 14.5. The standard InChI is InChI=1S/C17H20ClNO/c1-3-20-15-6-4-5-14(10-15)17(19)11-13-8-7-12(2)9-16(13)18/h4-10,17H,3,11,19H2,1-2H3. The van der Waals surface area contributed by atoms with E-state index < -0.39 is 0 Å². The molecule has 0 fully saturated rings. The van der Waals surface area contributed by atoms with Gasteiger partial charge < -0.3 is 10.5 Å². The summed E-state index contributed by atoms with van der Waals surface area (Å²) in [5, 5.41) is 0.779. The summed E-state index contributed by atoms with van der Waals surface area (Å²) in [4.78, 5) is 0. The van der Waals surface area contributed by atoms with Gasteiger partial charge in [0.05, 0.1) is 6.61 Å². The van der Waals surface area contributed by atoms with Crippen molar-refractivity contribution in [2.24, 2.45) is 5.73 Å². The summed E-state index contributed by atoms with van der Waals surface area (Å²) >= 11 is 6.26. The monoisotopic (exact) mass is 289 g/mol. The topological polar surface area (TPSA) is 35.2 Å². The molecule has 0 heterocycles. The summed E-state index contributed by atoms with van der Waals surface area (Å²) in [7, 11) is 0. The van der Waals surface area contributed by atoms with Gasteiger partial charge in [-0.25, -0.2) is 0 Å². The molecule has 3 heteroatoms. The molecule has 1 unspecified atom stereocenters. The first-order chi connectivity index (χ1) is 9.60. The van der Waals surface area contributed by atoms with E-state index in [9.17, 15) is 0 Å². The average molecular weight is 290 g/mol. The van der Waals surface area contributed by atoms with Gasteiger partial charge in [0.15, 0.2) is 0 Å². The molecule has 0 radical (unpaired) electrons. The van der Waals surface area contributed by atoms with Crippen molar-refractivity contribution >= 4 is 11.6 Å². The van der Waals surface area contributed by atoms with Crippen molar-refractivity contribution in [2.75, 3.05) is 6.61 Å². The highest BCUT2D eigenvalue weighted by molar-refractivity contribution is 6.31. The molecule has 0 aliphatic rings. The Labute approximate surface area is 125 Å². The second-order valence-corrected chi connectivity index (χ2v) is 5.32. The molecule has 0 amide bonds. The summed E-state index contributed by atoms with van der Waals surface area (Å²) in [5.41, 5.74) is 9.58. The third kappa shape index (κ3) is 3.75. The Hall–Kier alpha value is -1.51. The smallest absolute Gasteiger partial charge is 0.119 e. The van der Waals surface area contributed by atoms with Crippen LogP contribution in [0.3, 0.4) is 0 Å². The van der Waals surface area contributed by atoms with Crippen LogP contribution in [0.1, 0.15) is 29.7 Å². The number of rotatable bonds is 5. The molecule has 2 aromatic rings. The van der Waals surface area contributed by atoms with Crippen LogP contribution in [0, 0.1) is 6.92 Å². The van der Waals surface area contributed by atoms with Crippen molar-refractivity contribution in [3.63, 3.8) is 0 Å². The lowest BCUT2D eigenvalue weighted by atomic mass is 9.99. The van der Waals surface area contributed by atoms with Crippen molar-refractivity contribution < 1.29 is 4.74 Å². The molecule has 0 aliphatic carbocycles. The Balaban J connectivity index is 2.15. The van der Waals surface area contributed by atoms with E-state index in [0.717, 1.165) is 27.5 Å². The molecule has 2 rings (SSSR count). The Bertz CT molecular complexity index is 583. The maximum atomic E-state index is 6.28. The molecule has 0 aliphatic heterocycles. The minimum Gasteiger partial charge on any atom is -0.494 e. The Morgan fingerprint density at radius 2 is 2.00 bits per heavy atom. The molecule has 2 aromatic carbocycles. The molecular weight excluding hydrogens is 270 g/mol. The quantitative estimate of drug-likeness (QED) is 0.891. The molecule has 0 saturated carbocycles. The van der Waals surface area contributed by atoms with Crippen LogP contribution in [-0.4, -0.2) is 6.61 Å². The van der Waals surface area contributed by atoms with Crippen LogP contribution in [0.5, 0.6) is 5.75 Å². The molecule has 2 N–H and O–H groups in total. The van der Waals surface area contributed by atoms with Gasteiger partial charge in [-0.3, -0.25) is 0 Å². The first kappa shape index (κ1) is 14.9. The molecule has 2 nitrogen and oxygen atoms in total. The summed E-state index contributed by atoms with van der Waals surface area (Å²) < 4.78 is 5.50. The highest BCUT2D eigenvalue weighted by atomic mass is 35.5. The van der Waals surface area contributed by atoms with Crippen LogP contribution >= 0.6 is 11.6 Å². The largest absolute Gasteiger partial charge is 0.494 e. The van der Waals surface area contributed by atoms with Gasteiger partial charge in [0.2, 0.25) is 0 Å². The van der Waals surface area contributed by atoms with E-state index in [1.54, 1.807) is 0 Å². The van der Waals surface area contributed by atoms with E-state index in [0.29, 0.717) is 13.0 Å². The van der Waals surface area contributed by atoms with E-state index in [1.165, 1.54) is 0 Å². The molecule has 0 bridgehead atoms. The fourth-order valence-electron chi connectivity index (χ4n) is 2.17. The average Bonchev–Trinajstić information content (AvgIpc) is 2.42. The lowest BCUT2D eigenvalue weighted by Gasteiger charge is -2.15. The fourth-order valence-corrected chi connectivity index (χ4v) is 2.49. The first-order valence-electron chi connectivity index (χ1n) is 6.83. The van der Waals surface area contributed by atoms with E-state index in [1.807, 2.05) is 50.2 Å². The summed E-state index contributed by atoms with van der Waals surface area (Å²) in [6.45, 7) is 4.66. The first-order valence-corrected chi connectivity index (χ1v) is 7.21. The van der Waals surface area contributed by atoms with Crippen LogP contribution in [0.2, 0.25) is 5.02 Å². The van der Waals surface area contributed by atoms with Gasteiger partial charge in [0.25, 0.3) is 0 Å². The summed E-state index contributed by atoms with van der Waals surface area (Å²) in [6.07, 6.45) is 0.717. The SMILES string of the molecule is CCOc1cccc(C(N)Cc2ccc(C)cc2Cl)c1. The predicted molar refractivity (Wildman–Crippen MR) is 84.4 cm³/mol. The van der Waals surface area contributed by atoms with Crippen molar-refractivity contribution in [2.45, 2.75) is 26.3 Å². The van der Waals surface area contributed by atoms with Crippen LogP contribution in [0.25, 0.3) is 0 Å². The third-order valence-corrected chi connectivity index (χ3v) is 3.60. The number of hydrogen-bond donors (Lipinski definition) is 1. The molecule has 0 spiro atoms. The Morgan fingerprint density at radius 1 is 1.20 bits per heavy atom. The zero-order valence-electron chi connectivity index (χ0n) is 11.9. The highest BCUT2D eigenvalue weighted by Crippen LogP contribution is 2.25. The lowest BCUT2D eigenvalue weighted by Crippen LogP contribution is -2.13. The molecule has 1 atom stereocenters. The molecule has 0 aromatic heterocycles. The Morgan fingerprint density at radius 3 is 2.70 bits per heavy atom. The number of aryl methyl sites for hydroxylation is 1. The minimum atomic E-state index is -0.0874. The zero-order valence-corrected chi connectivity index (χ0v) is 12.7. The van der Waals surface area contributed by atoms with E-state index in [2.05, 4.69) is 6.07 Å².